The van der Waals surface area contributed by atoms with E-state index in [0.717, 1.165) is 12.1 Å². The van der Waals surface area contributed by atoms with Gasteiger partial charge in [-0.3, -0.25) is 14.2 Å². The molecule has 0 bridgehead atoms. The Bertz CT molecular complexity index is 1940. The molecule has 0 fully saturated rings. The van der Waals surface area contributed by atoms with Crippen molar-refractivity contribution in [1.82, 2.24) is 19.1 Å². The van der Waals surface area contributed by atoms with Gasteiger partial charge in [0, 0.05) is 30.2 Å². The SMILES string of the molecule is CN(C)CCNc1ccc2c(C(N)=O)cn(-c3cccc(-n4c(=O)c5c(F)cc(C(C)(C)C)cc5c[n+]4C)c3CO)c2n1. The Morgan fingerprint density at radius 3 is 2.53 bits per heavy atom. The van der Waals surface area contributed by atoms with Crippen LogP contribution in [-0.4, -0.2) is 57.3 Å². The van der Waals surface area contributed by atoms with Crippen LogP contribution in [0.1, 0.15) is 42.3 Å². The molecule has 11 heteroatoms. The smallest absolute Gasteiger partial charge is 0.317 e. The van der Waals surface area contributed by atoms with Crippen LogP contribution in [0.3, 0.4) is 0 Å². The molecule has 0 aliphatic rings. The molecule has 0 atom stereocenters. The number of rotatable bonds is 8. The summed E-state index contributed by atoms with van der Waals surface area (Å²) < 4.78 is 20.1. The van der Waals surface area contributed by atoms with Gasteiger partial charge in [-0.25, -0.2) is 9.37 Å². The number of anilines is 1. The Balaban J connectivity index is 1.72. The molecule has 0 aliphatic heterocycles. The fourth-order valence-corrected chi connectivity index (χ4v) is 5.31. The molecular formula is C32H37FN7O3+. The Morgan fingerprint density at radius 2 is 1.88 bits per heavy atom. The molecule has 0 aliphatic carbocycles. The summed E-state index contributed by atoms with van der Waals surface area (Å²) in [5.41, 5.74) is 7.58. The number of amides is 1. The number of carbonyl (C=O) groups excluding carboxylic acids is 1. The zero-order chi connectivity index (χ0) is 31.2. The van der Waals surface area contributed by atoms with Gasteiger partial charge in [-0.1, -0.05) is 31.5 Å². The molecule has 4 N–H and O–H groups in total. The first-order valence-electron chi connectivity index (χ1n) is 14.0. The summed E-state index contributed by atoms with van der Waals surface area (Å²) in [7, 11) is 5.65. The number of hydrogen-bond acceptors (Lipinski definition) is 6. The van der Waals surface area contributed by atoms with Gasteiger partial charge in [0.2, 0.25) is 6.20 Å². The molecule has 0 saturated carbocycles. The molecule has 1 amide bonds. The summed E-state index contributed by atoms with van der Waals surface area (Å²) in [5, 5.41) is 14.9. The number of halogens is 1. The predicted molar refractivity (Wildman–Crippen MR) is 165 cm³/mol. The van der Waals surface area contributed by atoms with Gasteiger partial charge in [0.05, 0.1) is 28.6 Å². The number of nitrogens with zero attached hydrogens (tertiary/aromatic N) is 5. The van der Waals surface area contributed by atoms with Crippen LogP contribution in [0.5, 0.6) is 0 Å². The van der Waals surface area contributed by atoms with Crippen molar-refractivity contribution >= 4 is 33.5 Å². The number of hydrogen-bond donors (Lipinski definition) is 3. The van der Waals surface area contributed by atoms with Crippen molar-refractivity contribution < 1.29 is 19.0 Å². The van der Waals surface area contributed by atoms with E-state index in [-0.39, 0.29) is 16.4 Å². The van der Waals surface area contributed by atoms with Gasteiger partial charge in [-0.15, -0.1) is 4.68 Å². The number of nitrogens with two attached hydrogens (primary N) is 1. The number of benzene rings is 2. The lowest BCUT2D eigenvalue weighted by atomic mass is 9.86. The van der Waals surface area contributed by atoms with Gasteiger partial charge >= 0.3 is 5.56 Å². The molecule has 2 aromatic carbocycles. The summed E-state index contributed by atoms with van der Waals surface area (Å²) in [6.45, 7) is 6.95. The number of nitrogens with one attached hydrogen (secondary N) is 1. The Morgan fingerprint density at radius 1 is 1.16 bits per heavy atom. The molecule has 0 spiro atoms. The molecule has 0 saturated heterocycles. The van der Waals surface area contributed by atoms with Crippen molar-refractivity contribution in [2.45, 2.75) is 32.8 Å². The molecule has 224 valence electrons. The monoisotopic (exact) mass is 586 g/mol. The van der Waals surface area contributed by atoms with Crippen LogP contribution in [0, 0.1) is 5.82 Å². The van der Waals surface area contributed by atoms with E-state index < -0.39 is 23.9 Å². The molecule has 3 heterocycles. The maximum absolute atomic E-state index is 15.5. The van der Waals surface area contributed by atoms with E-state index in [9.17, 15) is 14.7 Å². The lowest BCUT2D eigenvalue weighted by Gasteiger charge is -2.20. The number of pyridine rings is 1. The van der Waals surface area contributed by atoms with Crippen LogP contribution >= 0.6 is 0 Å². The largest absolute Gasteiger partial charge is 0.392 e. The maximum Gasteiger partial charge on any atom is 0.317 e. The second-order valence-electron chi connectivity index (χ2n) is 12.0. The highest BCUT2D eigenvalue weighted by Gasteiger charge is 2.25. The Hall–Kier alpha value is -4.61. The van der Waals surface area contributed by atoms with Crippen molar-refractivity contribution in [2.24, 2.45) is 12.8 Å². The van der Waals surface area contributed by atoms with Crippen molar-refractivity contribution in [3.8, 4) is 11.4 Å². The van der Waals surface area contributed by atoms with E-state index in [2.05, 4.69) is 5.32 Å². The van der Waals surface area contributed by atoms with E-state index >= 15 is 4.39 Å². The quantitative estimate of drug-likeness (QED) is 0.240. The number of fused-ring (bicyclic) bond motifs is 2. The first-order valence-corrected chi connectivity index (χ1v) is 14.0. The molecular weight excluding hydrogens is 549 g/mol. The van der Waals surface area contributed by atoms with Crippen molar-refractivity contribution in [3.05, 3.63) is 87.7 Å². The van der Waals surface area contributed by atoms with E-state index in [1.54, 1.807) is 59.0 Å². The normalized spacial score (nSPS) is 12.0. The highest BCUT2D eigenvalue weighted by Crippen LogP contribution is 2.30. The summed E-state index contributed by atoms with van der Waals surface area (Å²) in [5.74, 6) is -0.624. The van der Waals surface area contributed by atoms with Crippen molar-refractivity contribution in [2.75, 3.05) is 32.5 Å². The summed E-state index contributed by atoms with van der Waals surface area (Å²) >= 11 is 0. The summed E-state index contributed by atoms with van der Waals surface area (Å²) in [4.78, 5) is 33.1. The standard InChI is InChI=1S/C32H36FN7O3/c1-32(2,3)20-14-19-16-38(6)40(31(43)28(19)24(33)15-20)26-9-7-8-25(23(26)18-41)39-17-22(29(34)42)21-10-11-27(36-30(21)39)35-12-13-37(4)5/h7-11,14-17,41H,12-13,18H2,1-6H3,(H2-,34,35,36,42)/p+1. The minimum Gasteiger partial charge on any atom is -0.392 e. The summed E-state index contributed by atoms with van der Waals surface area (Å²) in [6, 6.07) is 12.0. The Labute approximate surface area is 248 Å². The van der Waals surface area contributed by atoms with Gasteiger partial charge in [0.25, 0.3) is 5.91 Å². The predicted octanol–water partition coefficient (Wildman–Crippen LogP) is 3.16. The number of aliphatic hydroxyl groups excluding tert-OH is 1. The minimum atomic E-state index is -0.622. The molecule has 5 rings (SSSR count). The second kappa shape index (κ2) is 11.2. The number of aryl methyl sites for hydroxylation is 1. The first kappa shape index (κ1) is 29.9. The zero-order valence-electron chi connectivity index (χ0n) is 25.3. The van der Waals surface area contributed by atoms with Gasteiger partial charge < -0.3 is 21.1 Å². The van der Waals surface area contributed by atoms with Gasteiger partial charge in [0.1, 0.15) is 23.0 Å². The number of carbonyl (C=O) groups is 1. The van der Waals surface area contributed by atoms with E-state index in [1.807, 2.05) is 45.8 Å². The molecule has 0 unspecified atom stereocenters. The van der Waals surface area contributed by atoms with Crippen LogP contribution in [0.4, 0.5) is 10.2 Å². The molecule has 43 heavy (non-hydrogen) atoms. The van der Waals surface area contributed by atoms with Crippen LogP contribution in [0.15, 0.2) is 59.7 Å². The highest BCUT2D eigenvalue weighted by molar-refractivity contribution is 6.06. The second-order valence-corrected chi connectivity index (χ2v) is 12.0. The van der Waals surface area contributed by atoms with Gasteiger partial charge in [0.15, 0.2) is 7.05 Å². The van der Waals surface area contributed by atoms with Crippen molar-refractivity contribution in [1.29, 1.82) is 0 Å². The van der Waals surface area contributed by atoms with Crippen LogP contribution < -0.4 is 21.3 Å². The number of aromatic nitrogens is 4. The number of likely N-dealkylation sites (N-methyl/N-ethyl adjacent to an activating group) is 1. The molecule has 10 nitrogen and oxygen atoms in total. The summed E-state index contributed by atoms with van der Waals surface area (Å²) in [6.07, 6.45) is 3.28. The minimum absolute atomic E-state index is 0.0436. The van der Waals surface area contributed by atoms with Crippen LogP contribution in [-0.2, 0) is 19.1 Å². The molecule has 5 aromatic rings. The van der Waals surface area contributed by atoms with Crippen LogP contribution in [0.25, 0.3) is 33.2 Å². The first-order chi connectivity index (χ1) is 20.3. The van der Waals surface area contributed by atoms with E-state index in [0.29, 0.717) is 45.7 Å². The zero-order valence-corrected chi connectivity index (χ0v) is 25.3. The number of primary amides is 1. The fraction of sp³-hybridized carbons (Fsp3) is 0.312. The molecule has 3 aromatic heterocycles. The topological polar surface area (TPSA) is 122 Å². The average Bonchev–Trinajstić information content (AvgIpc) is 3.31. The fourth-order valence-electron chi connectivity index (χ4n) is 5.31. The third kappa shape index (κ3) is 5.49. The maximum atomic E-state index is 15.5. The Kier molecular flexibility index (Phi) is 7.80. The number of aliphatic hydroxyl groups is 1. The van der Waals surface area contributed by atoms with Crippen molar-refractivity contribution in [3.63, 3.8) is 0 Å². The third-order valence-electron chi connectivity index (χ3n) is 7.59. The van der Waals surface area contributed by atoms with E-state index in [1.165, 1.54) is 10.7 Å². The van der Waals surface area contributed by atoms with Gasteiger partial charge in [-0.05, 0) is 61.5 Å². The van der Waals surface area contributed by atoms with E-state index in [4.69, 9.17) is 10.7 Å². The van der Waals surface area contributed by atoms with Gasteiger partial charge in [-0.2, -0.15) is 0 Å². The lowest BCUT2D eigenvalue weighted by molar-refractivity contribution is -0.748. The average molecular weight is 587 g/mol. The van der Waals surface area contributed by atoms with Crippen LogP contribution in [0.2, 0.25) is 0 Å². The highest BCUT2D eigenvalue weighted by atomic mass is 19.1. The lowest BCUT2D eigenvalue weighted by Crippen LogP contribution is -2.48. The molecule has 0 radical (unpaired) electrons. The third-order valence-corrected chi connectivity index (χ3v) is 7.59.